The van der Waals surface area contributed by atoms with Crippen LogP contribution in [-0.4, -0.2) is 11.5 Å². The number of rotatable bonds is 5. The minimum Gasteiger partial charge on any atom is -0.138 e. The summed E-state index contributed by atoms with van der Waals surface area (Å²) in [6.45, 7) is 4.31. The van der Waals surface area contributed by atoms with Gasteiger partial charge in [0.25, 0.3) is 0 Å². The molecular weight excluding hydrogens is 388 g/mol. The molecule has 0 amide bonds. The van der Waals surface area contributed by atoms with Crippen molar-refractivity contribution >= 4 is 29.6 Å². The van der Waals surface area contributed by atoms with E-state index in [-0.39, 0.29) is 4.08 Å². The van der Waals surface area contributed by atoms with E-state index in [1.807, 2.05) is 0 Å². The fourth-order valence-electron chi connectivity index (χ4n) is 3.86. The first kappa shape index (κ1) is 20.4. The van der Waals surface area contributed by atoms with Gasteiger partial charge in [0.2, 0.25) is 0 Å². The van der Waals surface area contributed by atoms with E-state index in [2.05, 4.69) is 128 Å². The minimum atomic E-state index is 0.00989. The number of benzene rings is 3. The molecule has 0 aromatic heterocycles. The number of allylic oxidation sites excluding steroid dienone is 1. The highest BCUT2D eigenvalue weighted by Crippen LogP contribution is 2.59. The summed E-state index contributed by atoms with van der Waals surface area (Å²) < 4.78 is 0.00989. The van der Waals surface area contributed by atoms with E-state index < -0.39 is 0 Å². The Hall–Kier alpha value is -1.90. The molecule has 2 heteroatoms. The Labute approximate surface area is 183 Å². The topological polar surface area (TPSA) is 0 Å². The Morgan fingerprint density at radius 2 is 1.34 bits per heavy atom. The molecule has 0 spiro atoms. The third-order valence-electron chi connectivity index (χ3n) is 5.50. The minimum absolute atomic E-state index is 0.00989. The molecule has 0 saturated carbocycles. The molecule has 4 rings (SSSR count). The van der Waals surface area contributed by atoms with E-state index in [1.54, 1.807) is 0 Å². The van der Waals surface area contributed by atoms with Crippen molar-refractivity contribution in [2.45, 2.75) is 30.3 Å². The van der Waals surface area contributed by atoms with Gasteiger partial charge in [-0.25, -0.2) is 0 Å². The molecule has 1 heterocycles. The van der Waals surface area contributed by atoms with Crippen LogP contribution in [0.25, 0.3) is 6.08 Å². The number of aryl methyl sites for hydroxylation is 2. The zero-order chi connectivity index (χ0) is 20.1. The van der Waals surface area contributed by atoms with Crippen molar-refractivity contribution in [2.75, 3.05) is 11.5 Å². The van der Waals surface area contributed by atoms with E-state index in [4.69, 9.17) is 0 Å². The first-order valence-corrected chi connectivity index (χ1v) is 12.3. The molecule has 3 aromatic carbocycles. The molecule has 0 aliphatic carbocycles. The SMILES string of the molecule is Cc1ccc(/C=C/[C@@H](c2ccc(C)cc2)C2(c3ccccc3)SCCCS2)cc1. The van der Waals surface area contributed by atoms with Crippen molar-refractivity contribution in [3.8, 4) is 0 Å². The molecular formula is C27H28S2. The van der Waals surface area contributed by atoms with Crippen LogP contribution in [0.3, 0.4) is 0 Å². The summed E-state index contributed by atoms with van der Waals surface area (Å²) in [6, 6.07) is 29.1. The van der Waals surface area contributed by atoms with Gasteiger partial charge in [-0.1, -0.05) is 102 Å². The highest BCUT2D eigenvalue weighted by Gasteiger charge is 2.42. The van der Waals surface area contributed by atoms with Crippen LogP contribution in [0.2, 0.25) is 0 Å². The maximum Gasteiger partial charge on any atom is 0.0962 e. The maximum atomic E-state index is 2.44. The van der Waals surface area contributed by atoms with Crippen LogP contribution < -0.4 is 0 Å². The molecule has 0 N–H and O–H groups in total. The van der Waals surface area contributed by atoms with E-state index in [1.165, 1.54) is 45.7 Å². The van der Waals surface area contributed by atoms with Gasteiger partial charge < -0.3 is 0 Å². The molecule has 1 atom stereocenters. The van der Waals surface area contributed by atoms with Crippen molar-refractivity contribution in [2.24, 2.45) is 0 Å². The second-order valence-corrected chi connectivity index (χ2v) is 10.7. The third-order valence-corrected chi connectivity index (χ3v) is 9.03. The predicted octanol–water partition coefficient (Wildman–Crippen LogP) is 7.82. The van der Waals surface area contributed by atoms with Gasteiger partial charge in [0, 0.05) is 5.92 Å². The molecule has 0 unspecified atom stereocenters. The first-order valence-electron chi connectivity index (χ1n) is 10.3. The van der Waals surface area contributed by atoms with Crippen LogP contribution in [-0.2, 0) is 4.08 Å². The molecule has 0 nitrogen and oxygen atoms in total. The number of thioether (sulfide) groups is 2. The third kappa shape index (κ3) is 4.65. The van der Waals surface area contributed by atoms with Gasteiger partial charge in [0.05, 0.1) is 4.08 Å². The van der Waals surface area contributed by atoms with Crippen LogP contribution in [0, 0.1) is 13.8 Å². The van der Waals surface area contributed by atoms with E-state index in [0.717, 1.165) is 0 Å². The van der Waals surface area contributed by atoms with Crippen LogP contribution >= 0.6 is 23.5 Å². The van der Waals surface area contributed by atoms with Gasteiger partial charge in [0.15, 0.2) is 0 Å². The monoisotopic (exact) mass is 416 g/mol. The van der Waals surface area contributed by atoms with E-state index >= 15 is 0 Å². The van der Waals surface area contributed by atoms with Gasteiger partial charge >= 0.3 is 0 Å². The second kappa shape index (κ2) is 9.28. The number of hydrogen-bond acceptors (Lipinski definition) is 2. The zero-order valence-corrected chi connectivity index (χ0v) is 18.8. The van der Waals surface area contributed by atoms with Gasteiger partial charge in [-0.3, -0.25) is 0 Å². The van der Waals surface area contributed by atoms with Crippen LogP contribution in [0.1, 0.15) is 40.2 Å². The summed E-state index contributed by atoms with van der Waals surface area (Å²) in [6.07, 6.45) is 6.03. The lowest BCUT2D eigenvalue weighted by Gasteiger charge is -2.42. The molecule has 1 fully saturated rings. The summed E-state index contributed by atoms with van der Waals surface area (Å²) in [5.74, 6) is 2.73. The normalized spacial score (nSPS) is 17.3. The highest BCUT2D eigenvalue weighted by atomic mass is 32.2. The zero-order valence-electron chi connectivity index (χ0n) is 17.2. The molecule has 0 radical (unpaired) electrons. The fourth-order valence-corrected chi connectivity index (χ4v) is 7.45. The lowest BCUT2D eigenvalue weighted by molar-refractivity contribution is 0.751. The molecule has 0 bridgehead atoms. The highest BCUT2D eigenvalue weighted by molar-refractivity contribution is 8.18. The molecule has 3 aromatic rings. The predicted molar refractivity (Wildman–Crippen MR) is 132 cm³/mol. The summed E-state index contributed by atoms with van der Waals surface area (Å²) in [5.41, 5.74) is 6.70. The second-order valence-electron chi connectivity index (χ2n) is 7.74. The van der Waals surface area contributed by atoms with E-state index in [9.17, 15) is 0 Å². The molecule has 148 valence electrons. The Morgan fingerprint density at radius 3 is 1.97 bits per heavy atom. The molecule has 1 aliphatic rings. The van der Waals surface area contributed by atoms with Gasteiger partial charge in [-0.15, -0.1) is 23.5 Å². The molecule has 1 saturated heterocycles. The average Bonchev–Trinajstić information content (AvgIpc) is 2.77. The van der Waals surface area contributed by atoms with Gasteiger partial charge in [-0.2, -0.15) is 0 Å². The van der Waals surface area contributed by atoms with Crippen molar-refractivity contribution in [3.05, 3.63) is 113 Å². The van der Waals surface area contributed by atoms with Gasteiger partial charge in [-0.05, 0) is 48.5 Å². The van der Waals surface area contributed by atoms with Crippen molar-refractivity contribution in [1.29, 1.82) is 0 Å². The quantitative estimate of drug-likeness (QED) is 0.416. The van der Waals surface area contributed by atoms with Crippen LogP contribution in [0.15, 0.2) is 84.9 Å². The fraction of sp³-hybridized carbons (Fsp3) is 0.259. The first-order chi connectivity index (χ1) is 14.2. The molecule has 1 aliphatic heterocycles. The summed E-state index contributed by atoms with van der Waals surface area (Å²) in [7, 11) is 0. The van der Waals surface area contributed by atoms with Crippen LogP contribution in [0.4, 0.5) is 0 Å². The Morgan fingerprint density at radius 1 is 0.759 bits per heavy atom. The van der Waals surface area contributed by atoms with Crippen LogP contribution in [0.5, 0.6) is 0 Å². The summed E-state index contributed by atoms with van der Waals surface area (Å²) in [4.78, 5) is 0. The lowest BCUT2D eigenvalue weighted by atomic mass is 9.89. The maximum absolute atomic E-state index is 2.44. The number of hydrogen-bond donors (Lipinski definition) is 0. The van der Waals surface area contributed by atoms with Gasteiger partial charge in [0.1, 0.15) is 0 Å². The Bertz CT molecular complexity index is 934. The Balaban J connectivity index is 1.80. The van der Waals surface area contributed by atoms with Crippen molar-refractivity contribution in [1.82, 2.24) is 0 Å². The largest absolute Gasteiger partial charge is 0.138 e. The van der Waals surface area contributed by atoms with Crippen molar-refractivity contribution < 1.29 is 0 Å². The van der Waals surface area contributed by atoms with E-state index in [0.29, 0.717) is 5.92 Å². The molecule has 29 heavy (non-hydrogen) atoms. The summed E-state index contributed by atoms with van der Waals surface area (Å²) in [5, 5.41) is 0. The lowest BCUT2D eigenvalue weighted by Crippen LogP contribution is -2.29. The Kier molecular flexibility index (Phi) is 6.52. The standard InChI is InChI=1S/C27H28S2/c1-21-9-13-23(14-10-21)15-18-26(24-16-11-22(2)12-17-24)27(28-19-6-20-29-27)25-7-4-3-5-8-25/h3-5,7-18,26H,6,19-20H2,1-2H3/b18-15+/t26-/m0/s1. The summed E-state index contributed by atoms with van der Waals surface area (Å²) >= 11 is 4.24. The smallest absolute Gasteiger partial charge is 0.0962 e. The van der Waals surface area contributed by atoms with Crippen molar-refractivity contribution in [3.63, 3.8) is 0 Å². The average molecular weight is 417 g/mol.